The second kappa shape index (κ2) is 5.77. The van der Waals surface area contributed by atoms with Crippen molar-refractivity contribution in [2.45, 2.75) is 6.42 Å². The SMILES string of the molecule is O=[N+]([O-])c1cccnc1OCCc1ccccc1. The monoisotopic (exact) mass is 244 g/mol. The molecule has 0 aliphatic heterocycles. The summed E-state index contributed by atoms with van der Waals surface area (Å²) in [5.74, 6) is 0.0680. The van der Waals surface area contributed by atoms with Crippen LogP contribution in [0.15, 0.2) is 48.7 Å². The molecule has 0 N–H and O–H groups in total. The van der Waals surface area contributed by atoms with Crippen LogP contribution >= 0.6 is 0 Å². The summed E-state index contributed by atoms with van der Waals surface area (Å²) in [6, 6.07) is 12.7. The van der Waals surface area contributed by atoms with E-state index in [2.05, 4.69) is 4.98 Å². The maximum Gasteiger partial charge on any atom is 0.330 e. The summed E-state index contributed by atoms with van der Waals surface area (Å²) in [6.45, 7) is 0.363. The molecule has 1 aromatic carbocycles. The van der Waals surface area contributed by atoms with Crippen LogP contribution in [0.3, 0.4) is 0 Å². The summed E-state index contributed by atoms with van der Waals surface area (Å²) in [4.78, 5) is 14.1. The molecule has 5 nitrogen and oxygen atoms in total. The molecular weight excluding hydrogens is 232 g/mol. The Balaban J connectivity index is 1.97. The van der Waals surface area contributed by atoms with Crippen LogP contribution in [0.4, 0.5) is 5.69 Å². The lowest BCUT2D eigenvalue weighted by molar-refractivity contribution is -0.386. The van der Waals surface area contributed by atoms with Gasteiger partial charge in [-0.3, -0.25) is 10.1 Å². The van der Waals surface area contributed by atoms with Gasteiger partial charge < -0.3 is 4.74 Å². The first-order valence-electron chi connectivity index (χ1n) is 5.53. The number of hydrogen-bond acceptors (Lipinski definition) is 4. The van der Waals surface area contributed by atoms with Crippen LogP contribution in [-0.4, -0.2) is 16.5 Å². The van der Waals surface area contributed by atoms with Crippen molar-refractivity contribution in [1.29, 1.82) is 0 Å². The van der Waals surface area contributed by atoms with Crippen molar-refractivity contribution < 1.29 is 9.66 Å². The van der Waals surface area contributed by atoms with Crippen molar-refractivity contribution in [3.8, 4) is 5.88 Å². The van der Waals surface area contributed by atoms with Crippen molar-refractivity contribution in [2.24, 2.45) is 0 Å². The summed E-state index contributed by atoms with van der Waals surface area (Å²) < 4.78 is 5.35. The van der Waals surface area contributed by atoms with Crippen molar-refractivity contribution in [3.63, 3.8) is 0 Å². The van der Waals surface area contributed by atoms with Gasteiger partial charge in [0.1, 0.15) is 0 Å². The fourth-order valence-corrected chi connectivity index (χ4v) is 1.54. The van der Waals surface area contributed by atoms with E-state index in [9.17, 15) is 10.1 Å². The highest BCUT2D eigenvalue weighted by atomic mass is 16.6. The molecule has 0 fully saturated rings. The Morgan fingerprint density at radius 3 is 2.67 bits per heavy atom. The average molecular weight is 244 g/mol. The molecule has 92 valence electrons. The van der Waals surface area contributed by atoms with Crippen molar-refractivity contribution in [3.05, 3.63) is 64.3 Å². The Hall–Kier alpha value is -2.43. The molecule has 0 saturated carbocycles. The number of hydrogen-bond donors (Lipinski definition) is 0. The molecule has 0 amide bonds. The van der Waals surface area contributed by atoms with Gasteiger partial charge in [0.05, 0.1) is 11.5 Å². The predicted molar refractivity (Wildman–Crippen MR) is 66.5 cm³/mol. The van der Waals surface area contributed by atoms with Gasteiger partial charge >= 0.3 is 5.69 Å². The lowest BCUT2D eigenvalue weighted by Crippen LogP contribution is -2.04. The third-order valence-corrected chi connectivity index (χ3v) is 2.42. The maximum absolute atomic E-state index is 10.7. The first-order chi connectivity index (χ1) is 8.77. The number of aromatic nitrogens is 1. The van der Waals surface area contributed by atoms with Crippen molar-refractivity contribution in [2.75, 3.05) is 6.61 Å². The first kappa shape index (κ1) is 12.0. The summed E-state index contributed by atoms with van der Waals surface area (Å²) in [5.41, 5.74) is 1.02. The molecule has 0 unspecified atom stereocenters. The highest BCUT2D eigenvalue weighted by Crippen LogP contribution is 2.22. The summed E-state index contributed by atoms with van der Waals surface area (Å²) in [6.07, 6.45) is 2.17. The van der Waals surface area contributed by atoms with Crippen LogP contribution in [0.2, 0.25) is 0 Å². The lowest BCUT2D eigenvalue weighted by Gasteiger charge is -2.05. The zero-order valence-corrected chi connectivity index (χ0v) is 9.65. The molecule has 5 heteroatoms. The van der Waals surface area contributed by atoms with Crippen LogP contribution < -0.4 is 4.74 Å². The highest BCUT2D eigenvalue weighted by molar-refractivity contribution is 5.39. The third kappa shape index (κ3) is 3.04. The summed E-state index contributed by atoms with van der Waals surface area (Å²) >= 11 is 0. The van der Waals surface area contributed by atoms with Crippen LogP contribution in [0, 0.1) is 10.1 Å². The minimum atomic E-state index is -0.495. The van der Waals surface area contributed by atoms with Gasteiger partial charge in [0.15, 0.2) is 0 Å². The highest BCUT2D eigenvalue weighted by Gasteiger charge is 2.15. The zero-order chi connectivity index (χ0) is 12.8. The maximum atomic E-state index is 10.7. The third-order valence-electron chi connectivity index (χ3n) is 2.42. The van der Waals surface area contributed by atoms with Gasteiger partial charge in [-0.1, -0.05) is 30.3 Å². The van der Waals surface area contributed by atoms with Crippen LogP contribution in [0.1, 0.15) is 5.56 Å². The normalized spacial score (nSPS) is 10.0. The molecule has 0 spiro atoms. The molecular formula is C13H12N2O3. The fraction of sp³-hybridized carbons (Fsp3) is 0.154. The van der Waals surface area contributed by atoms with E-state index in [0.29, 0.717) is 13.0 Å². The molecule has 2 aromatic rings. The lowest BCUT2D eigenvalue weighted by atomic mass is 10.2. The molecule has 0 bridgehead atoms. The fourth-order valence-electron chi connectivity index (χ4n) is 1.54. The van der Waals surface area contributed by atoms with Crippen LogP contribution in [0.5, 0.6) is 5.88 Å². The van der Waals surface area contributed by atoms with E-state index in [1.54, 1.807) is 0 Å². The Bertz CT molecular complexity index is 529. The quantitative estimate of drug-likeness (QED) is 0.599. The zero-order valence-electron chi connectivity index (χ0n) is 9.65. The average Bonchev–Trinajstić information content (AvgIpc) is 2.40. The molecule has 1 aromatic heterocycles. The Kier molecular flexibility index (Phi) is 3.86. The van der Waals surface area contributed by atoms with Gasteiger partial charge in [-0.25, -0.2) is 4.98 Å². The molecule has 1 heterocycles. The van der Waals surface area contributed by atoms with E-state index in [-0.39, 0.29) is 11.6 Å². The van der Waals surface area contributed by atoms with Gasteiger partial charge in [-0.15, -0.1) is 0 Å². The molecule has 0 aliphatic carbocycles. The molecule has 0 saturated heterocycles. The minimum absolute atomic E-state index is 0.0680. The number of rotatable bonds is 5. The van der Waals surface area contributed by atoms with Gasteiger partial charge in [0, 0.05) is 18.7 Å². The number of ether oxygens (including phenoxy) is 1. The largest absolute Gasteiger partial charge is 0.472 e. The van der Waals surface area contributed by atoms with E-state index in [4.69, 9.17) is 4.74 Å². The van der Waals surface area contributed by atoms with Gasteiger partial charge in [-0.2, -0.15) is 0 Å². The van der Waals surface area contributed by atoms with E-state index >= 15 is 0 Å². The van der Waals surface area contributed by atoms with Crippen molar-refractivity contribution in [1.82, 2.24) is 4.98 Å². The Morgan fingerprint density at radius 1 is 1.17 bits per heavy atom. The molecule has 18 heavy (non-hydrogen) atoms. The first-order valence-corrected chi connectivity index (χ1v) is 5.53. The number of pyridine rings is 1. The van der Waals surface area contributed by atoms with Gasteiger partial charge in [0.2, 0.25) is 0 Å². The van der Waals surface area contributed by atoms with Crippen LogP contribution in [-0.2, 0) is 6.42 Å². The topological polar surface area (TPSA) is 65.3 Å². The summed E-state index contributed by atoms with van der Waals surface area (Å²) in [5, 5.41) is 10.7. The van der Waals surface area contributed by atoms with Crippen molar-refractivity contribution >= 4 is 5.69 Å². The summed E-state index contributed by atoms with van der Waals surface area (Å²) in [7, 11) is 0. The second-order valence-electron chi connectivity index (χ2n) is 3.67. The Labute approximate surface area is 104 Å². The van der Waals surface area contributed by atoms with E-state index in [0.717, 1.165) is 5.56 Å². The second-order valence-corrected chi connectivity index (χ2v) is 3.67. The standard InChI is InChI=1S/C13H12N2O3/c16-15(17)12-7-4-9-14-13(12)18-10-8-11-5-2-1-3-6-11/h1-7,9H,8,10H2. The van der Waals surface area contributed by atoms with E-state index in [1.165, 1.54) is 18.3 Å². The smallest absolute Gasteiger partial charge is 0.330 e. The molecule has 0 aliphatic rings. The van der Waals surface area contributed by atoms with Gasteiger partial charge in [0.25, 0.3) is 5.88 Å². The molecule has 0 atom stereocenters. The van der Waals surface area contributed by atoms with Gasteiger partial charge in [-0.05, 0) is 11.6 Å². The number of nitrogens with zero attached hydrogens (tertiary/aromatic N) is 2. The van der Waals surface area contributed by atoms with E-state index in [1.807, 2.05) is 30.3 Å². The molecule has 2 rings (SSSR count). The minimum Gasteiger partial charge on any atom is -0.472 e. The number of nitro groups is 1. The molecule has 0 radical (unpaired) electrons. The van der Waals surface area contributed by atoms with E-state index < -0.39 is 4.92 Å². The number of benzene rings is 1. The predicted octanol–water partition coefficient (Wildman–Crippen LogP) is 2.61. The van der Waals surface area contributed by atoms with Crippen LogP contribution in [0.25, 0.3) is 0 Å². The Morgan fingerprint density at radius 2 is 1.94 bits per heavy atom.